The molecule has 0 amide bonds. The highest BCUT2D eigenvalue weighted by molar-refractivity contribution is 5.54. The minimum Gasteiger partial charge on any atom is -0.497 e. The van der Waals surface area contributed by atoms with Gasteiger partial charge in [0.05, 0.1) is 12.8 Å². The first-order valence-corrected chi connectivity index (χ1v) is 6.72. The highest BCUT2D eigenvalue weighted by atomic mass is 16.5. The molecule has 2 aromatic rings. The molecule has 1 aromatic heterocycles. The first-order valence-electron chi connectivity index (χ1n) is 6.72. The smallest absolute Gasteiger partial charge is 0.270 e. The van der Waals surface area contributed by atoms with E-state index in [1.54, 1.807) is 20.1 Å². The van der Waals surface area contributed by atoms with Gasteiger partial charge in [-0.2, -0.15) is 5.10 Å². The van der Waals surface area contributed by atoms with Crippen LogP contribution in [0.25, 0.3) is 0 Å². The standard InChI is InChI=1S/C16H18N2O3/c1-11-7-14(16(20)18(17-11)12(2)10-19)8-13-5-4-6-15(9-13)21-3/h4-7,9-10,12H,8H2,1-3H3. The van der Waals surface area contributed by atoms with Crippen molar-refractivity contribution in [3.05, 3.63) is 57.5 Å². The summed E-state index contributed by atoms with van der Waals surface area (Å²) in [4.78, 5) is 23.3. The number of aryl methyl sites for hydroxylation is 1. The van der Waals surface area contributed by atoms with Gasteiger partial charge in [0, 0.05) is 12.0 Å². The number of carbonyl (C=O) groups excluding carboxylic acids is 1. The van der Waals surface area contributed by atoms with Gasteiger partial charge in [0.1, 0.15) is 18.1 Å². The second-order valence-corrected chi connectivity index (χ2v) is 4.97. The number of ether oxygens (including phenoxy) is 1. The average Bonchev–Trinajstić information content (AvgIpc) is 2.50. The van der Waals surface area contributed by atoms with Crippen LogP contribution in [0.4, 0.5) is 0 Å². The second-order valence-electron chi connectivity index (χ2n) is 4.97. The molecular weight excluding hydrogens is 268 g/mol. The summed E-state index contributed by atoms with van der Waals surface area (Å²) in [6.07, 6.45) is 1.19. The van der Waals surface area contributed by atoms with Crippen LogP contribution in [0, 0.1) is 6.92 Å². The number of carbonyl (C=O) groups is 1. The summed E-state index contributed by atoms with van der Waals surface area (Å²) in [5, 5.41) is 4.13. The fraction of sp³-hybridized carbons (Fsp3) is 0.312. The number of rotatable bonds is 5. The molecule has 0 bridgehead atoms. The molecule has 5 nitrogen and oxygen atoms in total. The predicted octanol–water partition coefficient (Wildman–Crippen LogP) is 1.91. The largest absolute Gasteiger partial charge is 0.497 e. The van der Waals surface area contributed by atoms with Crippen molar-refractivity contribution in [2.45, 2.75) is 26.3 Å². The second kappa shape index (κ2) is 6.35. The van der Waals surface area contributed by atoms with Crippen molar-refractivity contribution in [1.29, 1.82) is 0 Å². The zero-order chi connectivity index (χ0) is 15.4. The minimum absolute atomic E-state index is 0.233. The molecule has 5 heteroatoms. The van der Waals surface area contributed by atoms with Gasteiger partial charge in [-0.05, 0) is 37.6 Å². The molecule has 0 saturated heterocycles. The molecule has 0 saturated carbocycles. The highest BCUT2D eigenvalue weighted by Gasteiger charge is 2.12. The molecule has 1 atom stereocenters. The molecule has 0 aliphatic rings. The van der Waals surface area contributed by atoms with Crippen molar-refractivity contribution in [1.82, 2.24) is 9.78 Å². The summed E-state index contributed by atoms with van der Waals surface area (Å²) in [6, 6.07) is 8.76. The van der Waals surface area contributed by atoms with Gasteiger partial charge in [0.2, 0.25) is 0 Å². The number of benzene rings is 1. The summed E-state index contributed by atoms with van der Waals surface area (Å²) in [5.41, 5.74) is 2.07. The fourth-order valence-corrected chi connectivity index (χ4v) is 2.17. The van der Waals surface area contributed by atoms with Gasteiger partial charge in [0.25, 0.3) is 5.56 Å². The molecular formula is C16H18N2O3. The SMILES string of the molecule is COc1cccc(Cc2cc(C)nn(C(C)C=O)c2=O)c1. The molecule has 21 heavy (non-hydrogen) atoms. The first kappa shape index (κ1) is 15.0. The summed E-state index contributed by atoms with van der Waals surface area (Å²) in [7, 11) is 1.61. The third kappa shape index (κ3) is 3.37. The van der Waals surface area contributed by atoms with Crippen LogP contribution in [-0.4, -0.2) is 23.2 Å². The van der Waals surface area contributed by atoms with Crippen LogP contribution in [0.2, 0.25) is 0 Å². The third-order valence-corrected chi connectivity index (χ3v) is 3.24. The summed E-state index contributed by atoms with van der Waals surface area (Å²) >= 11 is 0. The van der Waals surface area contributed by atoms with Crippen LogP contribution in [-0.2, 0) is 11.2 Å². The lowest BCUT2D eigenvalue weighted by Crippen LogP contribution is -2.30. The molecule has 0 fully saturated rings. The lowest BCUT2D eigenvalue weighted by atomic mass is 10.1. The van der Waals surface area contributed by atoms with Gasteiger partial charge in [-0.3, -0.25) is 4.79 Å². The monoisotopic (exact) mass is 286 g/mol. The van der Waals surface area contributed by atoms with E-state index in [9.17, 15) is 9.59 Å². The Hall–Kier alpha value is -2.43. The Morgan fingerprint density at radius 1 is 1.38 bits per heavy atom. The molecule has 2 rings (SSSR count). The quantitative estimate of drug-likeness (QED) is 0.788. The van der Waals surface area contributed by atoms with Crippen molar-refractivity contribution >= 4 is 6.29 Å². The maximum Gasteiger partial charge on any atom is 0.270 e. The van der Waals surface area contributed by atoms with Gasteiger partial charge >= 0.3 is 0 Å². The van der Waals surface area contributed by atoms with Crippen molar-refractivity contribution in [2.75, 3.05) is 7.11 Å². The topological polar surface area (TPSA) is 61.2 Å². The van der Waals surface area contributed by atoms with Crippen LogP contribution < -0.4 is 10.3 Å². The Balaban J connectivity index is 2.42. The van der Waals surface area contributed by atoms with Crippen molar-refractivity contribution in [3.8, 4) is 5.75 Å². The zero-order valence-corrected chi connectivity index (χ0v) is 12.4. The number of hydrogen-bond donors (Lipinski definition) is 0. The van der Waals surface area contributed by atoms with Crippen LogP contribution in [0.15, 0.2) is 35.1 Å². The molecule has 0 spiro atoms. The Bertz CT molecular complexity index is 707. The number of hydrogen-bond acceptors (Lipinski definition) is 4. The Kier molecular flexibility index (Phi) is 4.52. The van der Waals surface area contributed by atoms with E-state index in [2.05, 4.69) is 5.10 Å². The van der Waals surface area contributed by atoms with E-state index in [1.807, 2.05) is 31.2 Å². The van der Waals surface area contributed by atoms with Crippen LogP contribution in [0.5, 0.6) is 5.75 Å². The van der Waals surface area contributed by atoms with Crippen molar-refractivity contribution in [3.63, 3.8) is 0 Å². The highest BCUT2D eigenvalue weighted by Crippen LogP contribution is 2.15. The summed E-state index contributed by atoms with van der Waals surface area (Å²) in [5.74, 6) is 0.750. The van der Waals surface area contributed by atoms with E-state index >= 15 is 0 Å². The van der Waals surface area contributed by atoms with E-state index in [1.165, 1.54) is 4.68 Å². The molecule has 110 valence electrons. The van der Waals surface area contributed by atoms with E-state index < -0.39 is 6.04 Å². The van der Waals surface area contributed by atoms with Gasteiger partial charge in [-0.15, -0.1) is 0 Å². The molecule has 0 aliphatic heterocycles. The number of nitrogens with zero attached hydrogens (tertiary/aromatic N) is 2. The van der Waals surface area contributed by atoms with Crippen molar-refractivity contribution < 1.29 is 9.53 Å². The lowest BCUT2D eigenvalue weighted by Gasteiger charge is -2.11. The number of methoxy groups -OCH3 is 1. The van der Waals surface area contributed by atoms with Gasteiger partial charge in [-0.1, -0.05) is 12.1 Å². The summed E-state index contributed by atoms with van der Waals surface area (Å²) < 4.78 is 6.42. The van der Waals surface area contributed by atoms with Crippen molar-refractivity contribution in [2.24, 2.45) is 0 Å². The normalized spacial score (nSPS) is 12.0. The first-order chi connectivity index (χ1) is 10.0. The van der Waals surface area contributed by atoms with Gasteiger partial charge in [0.15, 0.2) is 0 Å². The number of aromatic nitrogens is 2. The molecule has 0 aliphatic carbocycles. The van der Waals surface area contributed by atoms with Crippen LogP contribution >= 0.6 is 0 Å². The third-order valence-electron chi connectivity index (χ3n) is 3.24. The lowest BCUT2D eigenvalue weighted by molar-refractivity contribution is -0.110. The van der Waals surface area contributed by atoms with Crippen LogP contribution in [0.1, 0.15) is 29.8 Å². The molecule has 0 N–H and O–H groups in total. The Morgan fingerprint density at radius 2 is 2.14 bits per heavy atom. The minimum atomic E-state index is -0.568. The predicted molar refractivity (Wildman–Crippen MR) is 79.8 cm³/mol. The van der Waals surface area contributed by atoms with E-state index in [0.29, 0.717) is 24.0 Å². The molecule has 1 unspecified atom stereocenters. The molecule has 0 radical (unpaired) electrons. The van der Waals surface area contributed by atoms with E-state index in [4.69, 9.17) is 4.74 Å². The maximum atomic E-state index is 12.4. The Labute approximate surface area is 123 Å². The van der Waals surface area contributed by atoms with E-state index in [0.717, 1.165) is 11.3 Å². The van der Waals surface area contributed by atoms with Crippen LogP contribution in [0.3, 0.4) is 0 Å². The van der Waals surface area contributed by atoms with Gasteiger partial charge in [-0.25, -0.2) is 4.68 Å². The Morgan fingerprint density at radius 3 is 2.81 bits per heavy atom. The summed E-state index contributed by atoms with van der Waals surface area (Å²) in [6.45, 7) is 3.46. The maximum absolute atomic E-state index is 12.4. The molecule has 1 heterocycles. The van der Waals surface area contributed by atoms with Gasteiger partial charge < -0.3 is 9.53 Å². The molecule has 1 aromatic carbocycles. The average molecular weight is 286 g/mol. The fourth-order valence-electron chi connectivity index (χ4n) is 2.17. The van der Waals surface area contributed by atoms with E-state index in [-0.39, 0.29) is 5.56 Å². The number of aldehydes is 1. The zero-order valence-electron chi connectivity index (χ0n) is 12.4.